The van der Waals surface area contributed by atoms with Crippen molar-refractivity contribution < 1.29 is 0 Å². The molecule has 13 heavy (non-hydrogen) atoms. The van der Waals surface area contributed by atoms with E-state index in [0.717, 1.165) is 12.0 Å². The number of nitrogens with zero attached hydrogens (tertiary/aromatic N) is 1. The highest BCUT2D eigenvalue weighted by Gasteiger charge is 2.51. The SMILES string of the molecule is N#CC1=C[C@@H]2C=C[C@@H]3C[C@H](Cl)[C@H]1[C@@H]23. The Kier molecular flexibility index (Phi) is 1.41. The average molecular weight is 192 g/mol. The van der Waals surface area contributed by atoms with Crippen molar-refractivity contribution in [3.05, 3.63) is 23.8 Å². The molecule has 0 saturated heterocycles. The maximum atomic E-state index is 8.96. The molecule has 0 amide bonds. The molecule has 1 saturated carbocycles. The van der Waals surface area contributed by atoms with E-state index in [4.69, 9.17) is 16.9 Å². The first-order valence-electron chi connectivity index (χ1n) is 4.75. The highest BCUT2D eigenvalue weighted by Crippen LogP contribution is 2.56. The van der Waals surface area contributed by atoms with Crippen LogP contribution in [-0.4, -0.2) is 5.38 Å². The maximum absolute atomic E-state index is 8.96. The molecular weight excluding hydrogens is 182 g/mol. The van der Waals surface area contributed by atoms with Gasteiger partial charge in [-0.1, -0.05) is 18.2 Å². The summed E-state index contributed by atoms with van der Waals surface area (Å²) in [6.45, 7) is 0. The summed E-state index contributed by atoms with van der Waals surface area (Å²) in [5.74, 6) is 2.11. The van der Waals surface area contributed by atoms with Crippen LogP contribution >= 0.6 is 11.6 Å². The first-order valence-corrected chi connectivity index (χ1v) is 5.19. The highest BCUT2D eigenvalue weighted by molar-refractivity contribution is 6.21. The predicted molar refractivity (Wildman–Crippen MR) is 51.1 cm³/mol. The van der Waals surface area contributed by atoms with Gasteiger partial charge in [0.15, 0.2) is 0 Å². The molecule has 66 valence electrons. The molecule has 2 heteroatoms. The van der Waals surface area contributed by atoms with Crippen molar-refractivity contribution >= 4 is 11.6 Å². The largest absolute Gasteiger partial charge is 0.193 e. The lowest BCUT2D eigenvalue weighted by Crippen LogP contribution is -2.15. The summed E-state index contributed by atoms with van der Waals surface area (Å²) in [7, 11) is 0. The highest BCUT2D eigenvalue weighted by atomic mass is 35.5. The van der Waals surface area contributed by atoms with E-state index in [1.165, 1.54) is 0 Å². The Morgan fingerprint density at radius 3 is 3.08 bits per heavy atom. The first-order chi connectivity index (χ1) is 6.31. The fraction of sp³-hybridized carbons (Fsp3) is 0.545. The van der Waals surface area contributed by atoms with E-state index in [9.17, 15) is 0 Å². The van der Waals surface area contributed by atoms with Crippen molar-refractivity contribution in [1.82, 2.24) is 0 Å². The van der Waals surface area contributed by atoms with E-state index in [-0.39, 0.29) is 5.38 Å². The van der Waals surface area contributed by atoms with Crippen LogP contribution in [0.2, 0.25) is 0 Å². The van der Waals surface area contributed by atoms with Crippen LogP contribution in [0, 0.1) is 35.0 Å². The van der Waals surface area contributed by atoms with Crippen LogP contribution in [0.4, 0.5) is 0 Å². The van der Waals surface area contributed by atoms with Gasteiger partial charge in [0.2, 0.25) is 0 Å². The molecule has 0 aromatic rings. The van der Waals surface area contributed by atoms with E-state index in [1.54, 1.807) is 0 Å². The quantitative estimate of drug-likeness (QED) is 0.426. The molecule has 0 unspecified atom stereocenters. The smallest absolute Gasteiger partial charge is 0.0947 e. The zero-order valence-corrected chi connectivity index (χ0v) is 7.91. The van der Waals surface area contributed by atoms with Gasteiger partial charge in [-0.2, -0.15) is 5.26 Å². The zero-order valence-electron chi connectivity index (χ0n) is 7.15. The molecule has 0 heterocycles. The Balaban J connectivity index is 2.07. The molecular formula is C11H10ClN. The third-order valence-electron chi connectivity index (χ3n) is 3.68. The van der Waals surface area contributed by atoms with Gasteiger partial charge in [0.05, 0.1) is 6.07 Å². The van der Waals surface area contributed by atoms with E-state index < -0.39 is 0 Å². The summed E-state index contributed by atoms with van der Waals surface area (Å²) < 4.78 is 0. The number of halogens is 1. The molecule has 3 aliphatic rings. The van der Waals surface area contributed by atoms with Gasteiger partial charge in [-0.3, -0.25) is 0 Å². The molecule has 1 fully saturated rings. The monoisotopic (exact) mass is 191 g/mol. The lowest BCUT2D eigenvalue weighted by Gasteiger charge is -2.16. The molecule has 3 rings (SSSR count). The van der Waals surface area contributed by atoms with Gasteiger partial charge < -0.3 is 0 Å². The van der Waals surface area contributed by atoms with Crippen molar-refractivity contribution in [3.63, 3.8) is 0 Å². The fourth-order valence-corrected chi connectivity index (χ4v) is 3.71. The summed E-state index contributed by atoms with van der Waals surface area (Å²) in [4.78, 5) is 0. The normalized spacial score (nSPS) is 50.5. The summed E-state index contributed by atoms with van der Waals surface area (Å²) >= 11 is 6.25. The Labute approximate surface area is 82.7 Å². The van der Waals surface area contributed by atoms with Crippen LogP contribution in [0.5, 0.6) is 0 Å². The van der Waals surface area contributed by atoms with E-state index in [1.807, 2.05) is 0 Å². The Morgan fingerprint density at radius 2 is 2.31 bits per heavy atom. The van der Waals surface area contributed by atoms with Crippen molar-refractivity contribution in [3.8, 4) is 6.07 Å². The summed E-state index contributed by atoms with van der Waals surface area (Å²) in [5, 5.41) is 9.15. The van der Waals surface area contributed by atoms with Crippen molar-refractivity contribution in [2.45, 2.75) is 11.8 Å². The topological polar surface area (TPSA) is 23.8 Å². The number of hydrogen-bond acceptors (Lipinski definition) is 1. The summed E-state index contributed by atoms with van der Waals surface area (Å²) in [6, 6.07) is 2.29. The second-order valence-electron chi connectivity index (χ2n) is 4.21. The van der Waals surface area contributed by atoms with E-state index in [0.29, 0.717) is 23.7 Å². The minimum atomic E-state index is 0.191. The Morgan fingerprint density at radius 1 is 1.46 bits per heavy atom. The lowest BCUT2D eigenvalue weighted by atomic mass is 9.88. The number of nitriles is 1. The molecule has 0 radical (unpaired) electrons. The van der Waals surface area contributed by atoms with Gasteiger partial charge >= 0.3 is 0 Å². The average Bonchev–Trinajstić information content (AvgIpc) is 2.70. The maximum Gasteiger partial charge on any atom is 0.0947 e. The van der Waals surface area contributed by atoms with Crippen LogP contribution in [0.15, 0.2) is 23.8 Å². The number of allylic oxidation sites excluding steroid dienone is 4. The third-order valence-corrected chi connectivity index (χ3v) is 4.13. The van der Waals surface area contributed by atoms with Gasteiger partial charge in [0, 0.05) is 22.8 Å². The Bertz CT molecular complexity index is 350. The standard InChI is InChI=1S/C11H10ClN/c12-9-4-7-2-1-6-3-8(5-13)11(9)10(6)7/h1-3,6-7,9-11H,4H2/t6-,7+,9-,10-,11-/m0/s1. The van der Waals surface area contributed by atoms with Gasteiger partial charge in [-0.05, 0) is 18.3 Å². The van der Waals surface area contributed by atoms with Crippen LogP contribution in [0.3, 0.4) is 0 Å². The van der Waals surface area contributed by atoms with Crippen LogP contribution in [0.25, 0.3) is 0 Å². The molecule has 0 aromatic carbocycles. The minimum absolute atomic E-state index is 0.191. The molecule has 5 atom stereocenters. The Hall–Kier alpha value is -0.740. The lowest BCUT2D eigenvalue weighted by molar-refractivity contribution is 0.394. The second-order valence-corrected chi connectivity index (χ2v) is 4.78. The molecule has 0 aromatic heterocycles. The van der Waals surface area contributed by atoms with E-state index in [2.05, 4.69) is 24.3 Å². The first kappa shape index (κ1) is 7.64. The van der Waals surface area contributed by atoms with Gasteiger partial charge in [0.25, 0.3) is 0 Å². The second kappa shape index (κ2) is 2.39. The molecule has 3 aliphatic carbocycles. The van der Waals surface area contributed by atoms with E-state index >= 15 is 0 Å². The fourth-order valence-electron chi connectivity index (χ4n) is 3.20. The van der Waals surface area contributed by atoms with Gasteiger partial charge in [0.1, 0.15) is 0 Å². The number of rotatable bonds is 0. The van der Waals surface area contributed by atoms with Gasteiger partial charge in [-0.15, -0.1) is 11.6 Å². The number of hydrogen-bond donors (Lipinski definition) is 0. The number of alkyl halides is 1. The van der Waals surface area contributed by atoms with Gasteiger partial charge in [-0.25, -0.2) is 0 Å². The predicted octanol–water partition coefficient (Wildman–Crippen LogP) is 2.50. The molecule has 0 bridgehead atoms. The molecule has 0 spiro atoms. The molecule has 0 N–H and O–H groups in total. The summed E-state index contributed by atoms with van der Waals surface area (Å²) in [6.07, 6.45) is 7.70. The molecule has 0 aliphatic heterocycles. The molecule has 1 nitrogen and oxygen atoms in total. The van der Waals surface area contributed by atoms with Crippen molar-refractivity contribution in [1.29, 1.82) is 5.26 Å². The third kappa shape index (κ3) is 0.823. The van der Waals surface area contributed by atoms with Crippen LogP contribution < -0.4 is 0 Å². The zero-order chi connectivity index (χ0) is 9.00. The van der Waals surface area contributed by atoms with Crippen LogP contribution in [-0.2, 0) is 0 Å². The van der Waals surface area contributed by atoms with Crippen molar-refractivity contribution in [2.75, 3.05) is 0 Å². The van der Waals surface area contributed by atoms with Crippen LogP contribution in [0.1, 0.15) is 6.42 Å². The summed E-state index contributed by atoms with van der Waals surface area (Å²) in [5.41, 5.74) is 0.932. The van der Waals surface area contributed by atoms with Crippen molar-refractivity contribution in [2.24, 2.45) is 23.7 Å². The minimum Gasteiger partial charge on any atom is -0.193 e.